The molecule has 1 aliphatic heterocycles. The van der Waals surface area contributed by atoms with Crippen molar-refractivity contribution < 1.29 is 14.6 Å². The first-order valence-electron chi connectivity index (χ1n) is 6.33. The topological polar surface area (TPSA) is 110 Å². The van der Waals surface area contributed by atoms with Crippen molar-refractivity contribution in [2.24, 2.45) is 10.9 Å². The van der Waals surface area contributed by atoms with Crippen molar-refractivity contribution in [1.29, 1.82) is 0 Å². The summed E-state index contributed by atoms with van der Waals surface area (Å²) >= 11 is 7.37. The largest absolute Gasteiger partial charge is 0.340 e. The van der Waals surface area contributed by atoms with Gasteiger partial charge in [-0.15, -0.1) is 0 Å². The van der Waals surface area contributed by atoms with Crippen LogP contribution in [0.5, 0.6) is 0 Å². The number of halogens is 1. The van der Waals surface area contributed by atoms with Gasteiger partial charge >= 0.3 is 6.41 Å². The minimum absolute atomic E-state index is 0.288. The third-order valence-electron chi connectivity index (χ3n) is 2.80. The van der Waals surface area contributed by atoms with Crippen LogP contribution in [0.3, 0.4) is 0 Å². The molecule has 1 unspecified atom stereocenters. The Kier molecular flexibility index (Phi) is 4.48. The number of aliphatic hydroxyl groups is 1. The second kappa shape index (κ2) is 6.53. The molecule has 1 aromatic carbocycles. The minimum Gasteiger partial charge on any atom is -0.340 e. The van der Waals surface area contributed by atoms with Crippen LogP contribution in [0.15, 0.2) is 39.1 Å². The SMILES string of the molecule is NCCSc1nonc1C1=NOC(O)N1c1cccc(Cl)c1. The number of hydrogen-bond acceptors (Lipinski definition) is 9. The Labute approximate surface area is 134 Å². The summed E-state index contributed by atoms with van der Waals surface area (Å²) in [6.45, 7) is 0.487. The number of nitrogens with two attached hydrogens (primary N) is 1. The summed E-state index contributed by atoms with van der Waals surface area (Å²) in [5.41, 5.74) is 6.46. The molecule has 10 heteroatoms. The summed E-state index contributed by atoms with van der Waals surface area (Å²) < 4.78 is 4.77. The van der Waals surface area contributed by atoms with Crippen molar-refractivity contribution in [3.05, 3.63) is 35.0 Å². The van der Waals surface area contributed by atoms with Gasteiger partial charge in [-0.05, 0) is 28.5 Å². The van der Waals surface area contributed by atoms with Crippen LogP contribution >= 0.6 is 23.4 Å². The number of anilines is 1. The molecule has 0 bridgehead atoms. The molecule has 0 aliphatic carbocycles. The average molecular weight is 342 g/mol. The fourth-order valence-corrected chi connectivity index (χ4v) is 2.74. The Morgan fingerprint density at radius 1 is 1.41 bits per heavy atom. The molecule has 1 aromatic heterocycles. The second-order valence-corrected chi connectivity index (χ2v) is 5.77. The second-order valence-electron chi connectivity index (χ2n) is 4.25. The Morgan fingerprint density at radius 3 is 3.05 bits per heavy atom. The summed E-state index contributed by atoms with van der Waals surface area (Å²) in [6.07, 6.45) is -1.28. The molecule has 22 heavy (non-hydrogen) atoms. The van der Waals surface area contributed by atoms with Gasteiger partial charge in [0.2, 0.25) is 5.84 Å². The summed E-state index contributed by atoms with van der Waals surface area (Å²) in [5, 5.41) is 22.6. The van der Waals surface area contributed by atoms with E-state index in [4.69, 9.17) is 26.8 Å². The van der Waals surface area contributed by atoms with Crippen molar-refractivity contribution in [3.8, 4) is 0 Å². The lowest BCUT2D eigenvalue weighted by Crippen LogP contribution is -2.36. The molecule has 3 N–H and O–H groups in total. The number of oxime groups is 1. The van der Waals surface area contributed by atoms with Crippen molar-refractivity contribution in [2.75, 3.05) is 17.2 Å². The Morgan fingerprint density at radius 2 is 2.27 bits per heavy atom. The van der Waals surface area contributed by atoms with Crippen LogP contribution in [0.25, 0.3) is 0 Å². The highest BCUT2D eigenvalue weighted by Crippen LogP contribution is 2.29. The molecule has 0 fully saturated rings. The predicted molar refractivity (Wildman–Crippen MR) is 81.6 cm³/mol. The summed E-state index contributed by atoms with van der Waals surface area (Å²) in [5.74, 6) is 0.935. The van der Waals surface area contributed by atoms with Crippen LogP contribution in [0.4, 0.5) is 5.69 Å². The first-order valence-corrected chi connectivity index (χ1v) is 7.69. The smallest absolute Gasteiger partial charge is 0.311 e. The van der Waals surface area contributed by atoms with Gasteiger partial charge in [0.15, 0.2) is 10.7 Å². The first-order chi connectivity index (χ1) is 10.7. The molecule has 0 spiro atoms. The summed E-state index contributed by atoms with van der Waals surface area (Å²) in [4.78, 5) is 6.38. The monoisotopic (exact) mass is 341 g/mol. The van der Waals surface area contributed by atoms with E-state index in [1.54, 1.807) is 24.3 Å². The molecule has 0 saturated carbocycles. The minimum atomic E-state index is -1.28. The number of aliphatic hydroxyl groups excluding tert-OH is 1. The van der Waals surface area contributed by atoms with E-state index in [0.717, 1.165) is 0 Å². The number of nitrogens with zero attached hydrogens (tertiary/aromatic N) is 4. The highest BCUT2D eigenvalue weighted by molar-refractivity contribution is 7.99. The number of thioether (sulfide) groups is 1. The van der Waals surface area contributed by atoms with Gasteiger partial charge in [-0.3, -0.25) is 4.90 Å². The van der Waals surface area contributed by atoms with Crippen LogP contribution in [-0.2, 0) is 4.84 Å². The molecule has 0 saturated heterocycles. The zero-order valence-corrected chi connectivity index (χ0v) is 12.8. The van der Waals surface area contributed by atoms with Gasteiger partial charge in [-0.1, -0.05) is 34.6 Å². The van der Waals surface area contributed by atoms with Crippen LogP contribution < -0.4 is 10.6 Å². The summed E-state index contributed by atoms with van der Waals surface area (Å²) in [7, 11) is 0. The van der Waals surface area contributed by atoms with Gasteiger partial charge in [0, 0.05) is 17.3 Å². The number of aromatic nitrogens is 2. The molecule has 3 rings (SSSR count). The van der Waals surface area contributed by atoms with Crippen molar-refractivity contribution in [3.63, 3.8) is 0 Å². The van der Waals surface area contributed by atoms with Gasteiger partial charge in [0.1, 0.15) is 0 Å². The highest BCUT2D eigenvalue weighted by Gasteiger charge is 2.35. The van der Waals surface area contributed by atoms with Crippen LogP contribution in [0.2, 0.25) is 5.02 Å². The number of benzene rings is 1. The lowest BCUT2D eigenvalue weighted by molar-refractivity contribution is -0.0746. The molecular weight excluding hydrogens is 330 g/mol. The number of rotatable bonds is 5. The maximum Gasteiger partial charge on any atom is 0.311 e. The summed E-state index contributed by atoms with van der Waals surface area (Å²) in [6, 6.07) is 6.92. The molecule has 116 valence electrons. The van der Waals surface area contributed by atoms with Gasteiger partial charge in [-0.25, -0.2) is 4.63 Å². The van der Waals surface area contributed by atoms with Gasteiger partial charge in [0.25, 0.3) is 0 Å². The van der Waals surface area contributed by atoms with Crippen LogP contribution in [0, 0.1) is 0 Å². The third kappa shape index (κ3) is 2.88. The highest BCUT2D eigenvalue weighted by atomic mass is 35.5. The number of hydrogen-bond donors (Lipinski definition) is 2. The van der Waals surface area contributed by atoms with Gasteiger partial charge in [0.05, 0.1) is 5.69 Å². The molecule has 8 nitrogen and oxygen atoms in total. The lowest BCUT2D eigenvalue weighted by atomic mass is 10.2. The Hall–Kier alpha value is -1.81. The molecule has 1 atom stereocenters. The standard InChI is InChI=1S/C12H12ClN5O3S/c13-7-2-1-3-8(6-7)18-10(16-20-12(18)19)9-11(17-21-15-9)22-5-4-14/h1-3,6,12,19H,4-5,14H2. The van der Waals surface area contributed by atoms with Crippen LogP contribution in [-0.4, -0.2) is 40.0 Å². The number of amidine groups is 1. The first kappa shape index (κ1) is 15.1. The Balaban J connectivity index is 1.94. The van der Waals surface area contributed by atoms with E-state index in [1.807, 2.05) is 0 Å². The molecule has 2 heterocycles. The van der Waals surface area contributed by atoms with E-state index in [-0.39, 0.29) is 5.84 Å². The van der Waals surface area contributed by atoms with Crippen LogP contribution in [0.1, 0.15) is 5.69 Å². The normalized spacial score (nSPS) is 17.5. The van der Waals surface area contributed by atoms with E-state index >= 15 is 0 Å². The van der Waals surface area contributed by atoms with Crippen molar-refractivity contribution in [2.45, 2.75) is 11.4 Å². The zero-order valence-electron chi connectivity index (χ0n) is 11.2. The van der Waals surface area contributed by atoms with E-state index < -0.39 is 6.41 Å². The quantitative estimate of drug-likeness (QED) is 0.782. The van der Waals surface area contributed by atoms with Crippen molar-refractivity contribution in [1.82, 2.24) is 10.3 Å². The fraction of sp³-hybridized carbons (Fsp3) is 0.250. The van der Waals surface area contributed by atoms with Crippen molar-refractivity contribution >= 4 is 34.9 Å². The van der Waals surface area contributed by atoms with E-state index in [0.29, 0.717) is 33.7 Å². The predicted octanol–water partition coefficient (Wildman–Crippen LogP) is 1.25. The van der Waals surface area contributed by atoms with E-state index in [1.165, 1.54) is 16.7 Å². The molecule has 0 radical (unpaired) electrons. The molecule has 0 amide bonds. The van der Waals surface area contributed by atoms with Gasteiger partial charge in [-0.2, -0.15) is 0 Å². The fourth-order valence-electron chi connectivity index (χ4n) is 1.89. The Bertz CT molecular complexity index is 695. The molecule has 1 aliphatic rings. The maximum atomic E-state index is 10.0. The van der Waals surface area contributed by atoms with E-state index in [2.05, 4.69) is 15.5 Å². The molecule has 2 aromatic rings. The van der Waals surface area contributed by atoms with Gasteiger partial charge < -0.3 is 15.7 Å². The lowest BCUT2D eigenvalue weighted by Gasteiger charge is -2.20. The third-order valence-corrected chi connectivity index (χ3v) is 4.01. The molecular formula is C12H12ClN5O3S. The zero-order chi connectivity index (χ0) is 15.5. The van der Waals surface area contributed by atoms with E-state index in [9.17, 15) is 5.11 Å². The maximum absolute atomic E-state index is 10.0. The average Bonchev–Trinajstić information content (AvgIpc) is 3.11.